The van der Waals surface area contributed by atoms with E-state index >= 15 is 0 Å². The van der Waals surface area contributed by atoms with Crippen LogP contribution in [0, 0.1) is 5.92 Å². The van der Waals surface area contributed by atoms with Gasteiger partial charge >= 0.3 is 6.09 Å². The first-order valence-electron chi connectivity index (χ1n) is 6.29. The zero-order valence-electron chi connectivity index (χ0n) is 11.4. The second-order valence-electron chi connectivity index (χ2n) is 4.54. The van der Waals surface area contributed by atoms with Crippen molar-refractivity contribution in [3.8, 4) is 0 Å². The predicted octanol–water partition coefficient (Wildman–Crippen LogP) is 3.84. The van der Waals surface area contributed by atoms with Crippen LogP contribution in [0.1, 0.15) is 32.3 Å². The zero-order chi connectivity index (χ0) is 14.5. The standard InChI is InChI=1S/C14H20ClNO3/c1-4-7-10(2)14(19-3,16-13(17)18)11-8-5-6-9-12(11)15/h5-6,8-10,16H,4,7H2,1-3H3,(H,17,18). The SMILES string of the molecule is CCCC(C)C(NC(=O)O)(OC)c1ccccc1Cl. The Morgan fingerprint density at radius 2 is 2.16 bits per heavy atom. The molecule has 0 radical (unpaired) electrons. The molecular weight excluding hydrogens is 266 g/mol. The number of nitrogens with one attached hydrogen (secondary N) is 1. The van der Waals surface area contributed by atoms with Crippen molar-refractivity contribution < 1.29 is 14.6 Å². The van der Waals surface area contributed by atoms with Crippen LogP contribution in [0.2, 0.25) is 5.02 Å². The van der Waals surface area contributed by atoms with Crippen LogP contribution < -0.4 is 5.32 Å². The van der Waals surface area contributed by atoms with Gasteiger partial charge in [-0.15, -0.1) is 0 Å². The summed E-state index contributed by atoms with van der Waals surface area (Å²) in [5.74, 6) is -0.0431. The third kappa shape index (κ3) is 3.39. The van der Waals surface area contributed by atoms with Gasteiger partial charge in [0, 0.05) is 23.6 Å². The van der Waals surface area contributed by atoms with Crippen molar-refractivity contribution in [1.82, 2.24) is 5.32 Å². The zero-order valence-corrected chi connectivity index (χ0v) is 12.2. The quantitative estimate of drug-likeness (QED) is 0.781. The summed E-state index contributed by atoms with van der Waals surface area (Å²) in [6, 6.07) is 7.13. The minimum atomic E-state index is -1.13. The number of hydrogen-bond acceptors (Lipinski definition) is 2. The monoisotopic (exact) mass is 285 g/mol. The van der Waals surface area contributed by atoms with Crippen molar-refractivity contribution in [2.75, 3.05) is 7.11 Å². The lowest BCUT2D eigenvalue weighted by Crippen LogP contribution is -2.51. The topological polar surface area (TPSA) is 58.6 Å². The summed E-state index contributed by atoms with van der Waals surface area (Å²) in [5, 5.41) is 12.1. The maximum Gasteiger partial charge on any atom is 0.407 e. The lowest BCUT2D eigenvalue weighted by Gasteiger charge is -2.38. The lowest BCUT2D eigenvalue weighted by atomic mass is 9.86. The second-order valence-corrected chi connectivity index (χ2v) is 4.95. The van der Waals surface area contributed by atoms with E-state index in [0.29, 0.717) is 10.6 Å². The van der Waals surface area contributed by atoms with E-state index in [-0.39, 0.29) is 5.92 Å². The van der Waals surface area contributed by atoms with Crippen molar-refractivity contribution in [2.24, 2.45) is 5.92 Å². The maximum atomic E-state index is 11.1. The molecular formula is C14H20ClNO3. The van der Waals surface area contributed by atoms with Gasteiger partial charge in [-0.1, -0.05) is 50.1 Å². The van der Waals surface area contributed by atoms with Gasteiger partial charge in [-0.2, -0.15) is 0 Å². The average Bonchev–Trinajstić information content (AvgIpc) is 2.36. The molecule has 2 atom stereocenters. The molecule has 19 heavy (non-hydrogen) atoms. The highest BCUT2D eigenvalue weighted by molar-refractivity contribution is 6.31. The van der Waals surface area contributed by atoms with Gasteiger partial charge in [-0.05, 0) is 12.5 Å². The van der Waals surface area contributed by atoms with Gasteiger partial charge in [0.15, 0.2) is 5.72 Å². The lowest BCUT2D eigenvalue weighted by molar-refractivity contribution is -0.0835. The van der Waals surface area contributed by atoms with E-state index in [4.69, 9.17) is 21.4 Å². The van der Waals surface area contributed by atoms with Crippen LogP contribution in [0.25, 0.3) is 0 Å². The number of benzene rings is 1. The Kier molecular flexibility index (Phi) is 5.63. The summed E-state index contributed by atoms with van der Waals surface area (Å²) in [4.78, 5) is 11.1. The number of rotatable bonds is 6. The van der Waals surface area contributed by atoms with E-state index in [1.54, 1.807) is 18.2 Å². The van der Waals surface area contributed by atoms with Crippen LogP contribution >= 0.6 is 11.6 Å². The van der Waals surface area contributed by atoms with E-state index < -0.39 is 11.8 Å². The Balaban J connectivity index is 3.31. The van der Waals surface area contributed by atoms with Gasteiger partial charge in [-0.25, -0.2) is 4.79 Å². The molecule has 0 aliphatic rings. The van der Waals surface area contributed by atoms with Gasteiger partial charge in [0.25, 0.3) is 0 Å². The molecule has 1 aromatic carbocycles. The van der Waals surface area contributed by atoms with Crippen LogP contribution in [0.4, 0.5) is 4.79 Å². The van der Waals surface area contributed by atoms with E-state index in [1.807, 2.05) is 19.9 Å². The van der Waals surface area contributed by atoms with Crippen LogP contribution in [-0.4, -0.2) is 18.3 Å². The summed E-state index contributed by atoms with van der Waals surface area (Å²) < 4.78 is 5.55. The van der Waals surface area contributed by atoms with Crippen molar-refractivity contribution in [3.05, 3.63) is 34.9 Å². The van der Waals surface area contributed by atoms with Crippen LogP contribution in [0.15, 0.2) is 24.3 Å². The van der Waals surface area contributed by atoms with Crippen LogP contribution in [0.5, 0.6) is 0 Å². The molecule has 0 spiro atoms. The summed E-state index contributed by atoms with van der Waals surface area (Å²) in [7, 11) is 1.49. The molecule has 0 saturated heterocycles. The normalized spacial score (nSPS) is 15.6. The summed E-state index contributed by atoms with van der Waals surface area (Å²) in [6.07, 6.45) is 0.613. The minimum Gasteiger partial charge on any atom is -0.465 e. The highest BCUT2D eigenvalue weighted by Gasteiger charge is 2.40. The van der Waals surface area contributed by atoms with Crippen molar-refractivity contribution in [3.63, 3.8) is 0 Å². The van der Waals surface area contributed by atoms with Crippen LogP contribution in [-0.2, 0) is 10.5 Å². The predicted molar refractivity (Wildman–Crippen MR) is 75.4 cm³/mol. The van der Waals surface area contributed by atoms with Gasteiger partial charge in [0.2, 0.25) is 0 Å². The Morgan fingerprint density at radius 1 is 1.53 bits per heavy atom. The van der Waals surface area contributed by atoms with Gasteiger partial charge < -0.3 is 9.84 Å². The molecule has 0 aromatic heterocycles. The maximum absolute atomic E-state index is 11.1. The number of carbonyl (C=O) groups is 1. The molecule has 0 fully saturated rings. The molecule has 4 nitrogen and oxygen atoms in total. The molecule has 2 unspecified atom stereocenters. The van der Waals surface area contributed by atoms with E-state index in [0.717, 1.165) is 12.8 Å². The van der Waals surface area contributed by atoms with Gasteiger partial charge in [0.1, 0.15) is 0 Å². The first kappa shape index (κ1) is 15.8. The van der Waals surface area contributed by atoms with Crippen molar-refractivity contribution >= 4 is 17.7 Å². The summed E-state index contributed by atoms with van der Waals surface area (Å²) in [5.41, 5.74) is -0.484. The van der Waals surface area contributed by atoms with E-state index in [2.05, 4.69) is 5.32 Å². The number of carboxylic acid groups (broad SMARTS) is 1. The molecule has 106 valence electrons. The number of methoxy groups -OCH3 is 1. The highest BCUT2D eigenvalue weighted by Crippen LogP contribution is 2.37. The first-order chi connectivity index (χ1) is 8.97. The average molecular weight is 286 g/mol. The van der Waals surface area contributed by atoms with Crippen molar-refractivity contribution in [1.29, 1.82) is 0 Å². The molecule has 1 amide bonds. The van der Waals surface area contributed by atoms with Crippen LogP contribution in [0.3, 0.4) is 0 Å². The third-order valence-corrected chi connectivity index (χ3v) is 3.63. The molecule has 1 aromatic rings. The third-order valence-electron chi connectivity index (χ3n) is 3.30. The van der Waals surface area contributed by atoms with Gasteiger partial charge in [-0.3, -0.25) is 5.32 Å². The number of ether oxygens (including phenoxy) is 1. The Labute approximate surface area is 118 Å². The van der Waals surface area contributed by atoms with E-state index in [9.17, 15) is 4.79 Å². The fourth-order valence-corrected chi connectivity index (χ4v) is 2.65. The second kappa shape index (κ2) is 6.78. The first-order valence-corrected chi connectivity index (χ1v) is 6.67. The number of hydrogen-bond donors (Lipinski definition) is 2. The largest absolute Gasteiger partial charge is 0.465 e. The fraction of sp³-hybridized carbons (Fsp3) is 0.500. The highest BCUT2D eigenvalue weighted by atomic mass is 35.5. The molecule has 1 rings (SSSR count). The smallest absolute Gasteiger partial charge is 0.407 e. The molecule has 0 bridgehead atoms. The summed E-state index contributed by atoms with van der Waals surface area (Å²) in [6.45, 7) is 4.00. The summed E-state index contributed by atoms with van der Waals surface area (Å²) >= 11 is 6.20. The number of amides is 1. The minimum absolute atomic E-state index is 0.0431. The Bertz CT molecular complexity index is 438. The molecule has 5 heteroatoms. The number of halogens is 1. The molecule has 0 aliphatic carbocycles. The molecule has 0 saturated carbocycles. The molecule has 0 heterocycles. The van der Waals surface area contributed by atoms with Crippen molar-refractivity contribution in [2.45, 2.75) is 32.4 Å². The fourth-order valence-electron chi connectivity index (χ4n) is 2.38. The Hall–Kier alpha value is -1.26. The van der Waals surface area contributed by atoms with E-state index in [1.165, 1.54) is 7.11 Å². The molecule has 2 N–H and O–H groups in total. The Morgan fingerprint density at radius 3 is 2.63 bits per heavy atom. The van der Waals surface area contributed by atoms with Gasteiger partial charge in [0.05, 0.1) is 0 Å². The molecule has 0 aliphatic heterocycles.